The van der Waals surface area contributed by atoms with Gasteiger partial charge in [-0.25, -0.2) is 8.78 Å². The summed E-state index contributed by atoms with van der Waals surface area (Å²) < 4.78 is 27.7. The predicted octanol–water partition coefficient (Wildman–Crippen LogP) is 3.83. The zero-order chi connectivity index (χ0) is 12.6. The second-order valence-electron chi connectivity index (χ2n) is 4.13. The lowest BCUT2D eigenvalue weighted by atomic mass is 9.97. The molecule has 0 heterocycles. The van der Waals surface area contributed by atoms with Gasteiger partial charge in [0, 0.05) is 5.69 Å². The summed E-state index contributed by atoms with van der Waals surface area (Å²) in [5.74, 6) is -1.10. The van der Waals surface area contributed by atoms with Crippen LogP contribution in [-0.2, 0) is 0 Å². The highest BCUT2D eigenvalue weighted by molar-refractivity contribution is 5.72. The Hall–Kier alpha value is -1.90. The van der Waals surface area contributed by atoms with Crippen LogP contribution in [0.5, 0.6) is 0 Å². The van der Waals surface area contributed by atoms with E-state index in [2.05, 4.69) is 0 Å². The SMILES string of the molecule is Cc1ccc(N)cc1-c1c(F)ccc(C)c1F. The van der Waals surface area contributed by atoms with Gasteiger partial charge >= 0.3 is 0 Å². The molecule has 1 nitrogen and oxygen atoms in total. The van der Waals surface area contributed by atoms with Crippen LogP contribution in [0.1, 0.15) is 11.1 Å². The van der Waals surface area contributed by atoms with Gasteiger partial charge in [-0.2, -0.15) is 0 Å². The monoisotopic (exact) mass is 233 g/mol. The first kappa shape index (κ1) is 11.6. The van der Waals surface area contributed by atoms with Crippen LogP contribution in [0.4, 0.5) is 14.5 Å². The number of hydrogen-bond acceptors (Lipinski definition) is 1. The second-order valence-corrected chi connectivity index (χ2v) is 4.13. The van der Waals surface area contributed by atoms with E-state index in [1.807, 2.05) is 0 Å². The number of aryl methyl sites for hydroxylation is 2. The maximum atomic E-state index is 14.0. The molecule has 88 valence electrons. The van der Waals surface area contributed by atoms with Gasteiger partial charge in [0.15, 0.2) is 0 Å². The van der Waals surface area contributed by atoms with Crippen molar-refractivity contribution in [2.24, 2.45) is 0 Å². The third-order valence-corrected chi connectivity index (χ3v) is 2.82. The number of nitrogens with two attached hydrogens (primary N) is 1. The average molecular weight is 233 g/mol. The van der Waals surface area contributed by atoms with E-state index in [4.69, 9.17) is 5.73 Å². The molecule has 0 radical (unpaired) electrons. The highest BCUT2D eigenvalue weighted by Gasteiger charge is 2.15. The maximum Gasteiger partial charge on any atom is 0.136 e. The number of benzene rings is 2. The zero-order valence-corrected chi connectivity index (χ0v) is 9.72. The van der Waals surface area contributed by atoms with Crippen LogP contribution < -0.4 is 5.73 Å². The molecular weight excluding hydrogens is 220 g/mol. The molecule has 17 heavy (non-hydrogen) atoms. The van der Waals surface area contributed by atoms with E-state index in [-0.39, 0.29) is 5.56 Å². The standard InChI is InChI=1S/C14H13F2N/c1-8-3-5-10(17)7-11(8)13-12(15)6-4-9(2)14(13)16/h3-7H,17H2,1-2H3. The average Bonchev–Trinajstić information content (AvgIpc) is 2.29. The highest BCUT2D eigenvalue weighted by Crippen LogP contribution is 2.31. The van der Waals surface area contributed by atoms with Crippen LogP contribution in [-0.4, -0.2) is 0 Å². The summed E-state index contributed by atoms with van der Waals surface area (Å²) in [4.78, 5) is 0. The zero-order valence-electron chi connectivity index (χ0n) is 9.72. The first-order chi connectivity index (χ1) is 8.00. The fourth-order valence-electron chi connectivity index (χ4n) is 1.81. The van der Waals surface area contributed by atoms with E-state index in [1.165, 1.54) is 12.1 Å². The highest BCUT2D eigenvalue weighted by atomic mass is 19.1. The summed E-state index contributed by atoms with van der Waals surface area (Å²) in [7, 11) is 0. The predicted molar refractivity (Wildman–Crippen MR) is 65.7 cm³/mol. The minimum Gasteiger partial charge on any atom is -0.399 e. The van der Waals surface area contributed by atoms with Gasteiger partial charge in [-0.05, 0) is 48.7 Å². The first-order valence-corrected chi connectivity index (χ1v) is 5.32. The van der Waals surface area contributed by atoms with E-state index >= 15 is 0 Å². The number of halogens is 2. The molecule has 2 rings (SSSR count). The summed E-state index contributed by atoms with van der Waals surface area (Å²) in [6, 6.07) is 7.76. The lowest BCUT2D eigenvalue weighted by Gasteiger charge is -2.11. The van der Waals surface area contributed by atoms with Crippen molar-refractivity contribution in [2.45, 2.75) is 13.8 Å². The Labute approximate surface area is 98.9 Å². The Kier molecular flexibility index (Phi) is 2.84. The Bertz CT molecular complexity index is 577. The molecule has 0 bridgehead atoms. The summed E-state index contributed by atoms with van der Waals surface area (Å²) in [6.07, 6.45) is 0. The van der Waals surface area contributed by atoms with Crippen molar-refractivity contribution in [1.82, 2.24) is 0 Å². The summed E-state index contributed by atoms with van der Waals surface area (Å²) in [5, 5.41) is 0. The fraction of sp³-hybridized carbons (Fsp3) is 0.143. The molecule has 0 unspecified atom stereocenters. The van der Waals surface area contributed by atoms with Gasteiger partial charge in [0.2, 0.25) is 0 Å². The Morgan fingerprint density at radius 3 is 2.29 bits per heavy atom. The van der Waals surface area contributed by atoms with Gasteiger partial charge in [0.1, 0.15) is 11.6 Å². The van der Waals surface area contributed by atoms with Crippen LogP contribution >= 0.6 is 0 Å². The minimum atomic E-state index is -0.568. The molecule has 2 aromatic rings. The molecule has 0 fully saturated rings. The van der Waals surface area contributed by atoms with Crippen LogP contribution in [0.15, 0.2) is 30.3 Å². The largest absolute Gasteiger partial charge is 0.399 e. The van der Waals surface area contributed by atoms with Crippen LogP contribution in [0.3, 0.4) is 0 Å². The van der Waals surface area contributed by atoms with Crippen molar-refractivity contribution in [3.63, 3.8) is 0 Å². The van der Waals surface area contributed by atoms with Crippen molar-refractivity contribution in [3.8, 4) is 11.1 Å². The molecule has 0 spiro atoms. The Morgan fingerprint density at radius 1 is 0.941 bits per heavy atom. The third-order valence-electron chi connectivity index (χ3n) is 2.82. The van der Waals surface area contributed by atoms with E-state index in [1.54, 1.807) is 32.0 Å². The molecule has 0 aliphatic rings. The fourth-order valence-corrected chi connectivity index (χ4v) is 1.81. The normalized spacial score (nSPS) is 10.6. The van der Waals surface area contributed by atoms with Gasteiger partial charge in [-0.15, -0.1) is 0 Å². The minimum absolute atomic E-state index is 0.00481. The molecule has 0 amide bonds. The van der Waals surface area contributed by atoms with Crippen LogP contribution in [0, 0.1) is 25.5 Å². The Morgan fingerprint density at radius 2 is 1.59 bits per heavy atom. The van der Waals surface area contributed by atoms with E-state index in [0.29, 0.717) is 16.8 Å². The van der Waals surface area contributed by atoms with Crippen molar-refractivity contribution in [2.75, 3.05) is 5.73 Å². The number of nitrogen functional groups attached to an aromatic ring is 1. The molecule has 0 aliphatic heterocycles. The number of rotatable bonds is 1. The first-order valence-electron chi connectivity index (χ1n) is 5.32. The van der Waals surface area contributed by atoms with Gasteiger partial charge in [-0.3, -0.25) is 0 Å². The summed E-state index contributed by atoms with van der Waals surface area (Å²) in [5.41, 5.74) is 7.86. The summed E-state index contributed by atoms with van der Waals surface area (Å²) >= 11 is 0. The topological polar surface area (TPSA) is 26.0 Å². The van der Waals surface area contributed by atoms with Gasteiger partial charge in [0.25, 0.3) is 0 Å². The quantitative estimate of drug-likeness (QED) is 0.744. The van der Waals surface area contributed by atoms with E-state index in [9.17, 15) is 8.78 Å². The maximum absolute atomic E-state index is 14.0. The van der Waals surface area contributed by atoms with Crippen LogP contribution in [0.2, 0.25) is 0 Å². The van der Waals surface area contributed by atoms with Gasteiger partial charge in [-0.1, -0.05) is 12.1 Å². The van der Waals surface area contributed by atoms with E-state index < -0.39 is 11.6 Å². The van der Waals surface area contributed by atoms with Crippen molar-refractivity contribution in [3.05, 3.63) is 53.1 Å². The Balaban J connectivity index is 2.76. The molecule has 3 heteroatoms. The summed E-state index contributed by atoms with van der Waals surface area (Å²) in [6.45, 7) is 3.41. The molecule has 0 saturated carbocycles. The molecule has 2 N–H and O–H groups in total. The molecule has 2 aromatic carbocycles. The third kappa shape index (κ3) is 2.00. The van der Waals surface area contributed by atoms with Gasteiger partial charge in [0.05, 0.1) is 5.56 Å². The second kappa shape index (κ2) is 4.17. The lowest BCUT2D eigenvalue weighted by molar-refractivity contribution is 0.583. The van der Waals surface area contributed by atoms with Crippen molar-refractivity contribution in [1.29, 1.82) is 0 Å². The van der Waals surface area contributed by atoms with E-state index in [0.717, 1.165) is 5.56 Å². The van der Waals surface area contributed by atoms with Crippen molar-refractivity contribution >= 4 is 5.69 Å². The molecule has 0 atom stereocenters. The van der Waals surface area contributed by atoms with Crippen LogP contribution in [0.25, 0.3) is 11.1 Å². The molecule has 0 saturated heterocycles. The molecule has 0 aliphatic carbocycles. The molecular formula is C14H13F2N. The number of anilines is 1. The number of hydrogen-bond donors (Lipinski definition) is 1. The lowest BCUT2D eigenvalue weighted by Crippen LogP contribution is -1.96. The van der Waals surface area contributed by atoms with Gasteiger partial charge < -0.3 is 5.73 Å². The molecule has 0 aromatic heterocycles. The smallest absolute Gasteiger partial charge is 0.136 e. The van der Waals surface area contributed by atoms with Crippen molar-refractivity contribution < 1.29 is 8.78 Å².